The number of benzene rings is 1. The molecule has 1 N–H and O–H groups in total. The van der Waals surface area contributed by atoms with Gasteiger partial charge in [0, 0.05) is 6.04 Å². The van der Waals surface area contributed by atoms with Crippen LogP contribution in [0, 0.1) is 0 Å². The van der Waals surface area contributed by atoms with E-state index in [0.717, 1.165) is 18.9 Å². The number of nitrogens with one attached hydrogen (secondary N) is 1. The molecule has 21 heavy (non-hydrogen) atoms. The monoisotopic (exact) mass is 367 g/mol. The van der Waals surface area contributed by atoms with Gasteiger partial charge in [0.15, 0.2) is 6.10 Å². The van der Waals surface area contributed by atoms with Gasteiger partial charge in [-0.3, -0.25) is 4.79 Å². The summed E-state index contributed by atoms with van der Waals surface area (Å²) in [5.41, 5.74) is 0. The Morgan fingerprint density at radius 2 is 2.10 bits per heavy atom. The normalized spacial score (nSPS) is 16.2. The van der Waals surface area contributed by atoms with E-state index in [1.54, 1.807) is 6.92 Å². The minimum Gasteiger partial charge on any atom is -0.481 e. The summed E-state index contributed by atoms with van der Waals surface area (Å²) in [5.74, 6) is -0.343. The summed E-state index contributed by atoms with van der Waals surface area (Å²) < 4.78 is 45.7. The third-order valence-electron chi connectivity index (χ3n) is 2.73. The van der Waals surface area contributed by atoms with Crippen LogP contribution in [0.3, 0.4) is 0 Å². The van der Waals surface area contributed by atoms with Gasteiger partial charge >= 0.3 is 6.36 Å². The summed E-state index contributed by atoms with van der Waals surface area (Å²) in [4.78, 5) is 11.7. The van der Waals surface area contributed by atoms with E-state index >= 15 is 0 Å². The Bertz CT molecular complexity index is 532. The molecule has 0 saturated heterocycles. The molecular weight excluding hydrogens is 355 g/mol. The van der Waals surface area contributed by atoms with Gasteiger partial charge in [0.1, 0.15) is 11.5 Å². The molecule has 0 aliphatic heterocycles. The van der Waals surface area contributed by atoms with Crippen LogP contribution in [0.25, 0.3) is 0 Å². The predicted octanol–water partition coefficient (Wildman–Crippen LogP) is 3.39. The number of hydrogen-bond acceptors (Lipinski definition) is 3. The molecule has 1 saturated carbocycles. The average molecular weight is 368 g/mol. The van der Waals surface area contributed by atoms with Crippen molar-refractivity contribution in [2.75, 3.05) is 0 Å². The van der Waals surface area contributed by atoms with Crippen molar-refractivity contribution in [3.05, 3.63) is 22.7 Å². The molecule has 1 unspecified atom stereocenters. The standard InChI is InChI=1S/C13H13BrF3NO3/c1-7(12(19)18-8-2-3-8)20-9-4-5-11(10(14)6-9)21-13(15,16)17/h4-8H,2-3H2,1H3,(H,18,19). The number of ether oxygens (including phenoxy) is 2. The van der Waals surface area contributed by atoms with Crippen LogP contribution in [-0.2, 0) is 4.79 Å². The van der Waals surface area contributed by atoms with Gasteiger partial charge in [0.2, 0.25) is 0 Å². The van der Waals surface area contributed by atoms with Crippen LogP contribution in [0.15, 0.2) is 22.7 Å². The van der Waals surface area contributed by atoms with Gasteiger partial charge in [-0.2, -0.15) is 0 Å². The SMILES string of the molecule is CC(Oc1ccc(OC(F)(F)F)c(Br)c1)C(=O)NC1CC1. The molecule has 8 heteroatoms. The third kappa shape index (κ3) is 5.11. The van der Waals surface area contributed by atoms with Crippen LogP contribution in [-0.4, -0.2) is 24.4 Å². The average Bonchev–Trinajstić information content (AvgIpc) is 3.15. The Hall–Kier alpha value is -1.44. The van der Waals surface area contributed by atoms with Crippen molar-refractivity contribution < 1.29 is 27.4 Å². The maximum atomic E-state index is 12.1. The van der Waals surface area contributed by atoms with Gasteiger partial charge < -0.3 is 14.8 Å². The van der Waals surface area contributed by atoms with Gasteiger partial charge in [-0.15, -0.1) is 13.2 Å². The van der Waals surface area contributed by atoms with E-state index in [2.05, 4.69) is 26.0 Å². The quantitative estimate of drug-likeness (QED) is 0.867. The molecular formula is C13H13BrF3NO3. The Morgan fingerprint density at radius 1 is 1.43 bits per heavy atom. The number of carbonyl (C=O) groups excluding carboxylic acids is 1. The first-order valence-corrected chi connectivity index (χ1v) is 7.06. The molecule has 4 nitrogen and oxygen atoms in total. The highest BCUT2D eigenvalue weighted by atomic mass is 79.9. The van der Waals surface area contributed by atoms with Crippen molar-refractivity contribution in [2.45, 2.75) is 38.3 Å². The van der Waals surface area contributed by atoms with Crippen LogP contribution >= 0.6 is 15.9 Å². The van der Waals surface area contributed by atoms with Crippen LogP contribution < -0.4 is 14.8 Å². The first-order valence-electron chi connectivity index (χ1n) is 6.27. The summed E-state index contributed by atoms with van der Waals surface area (Å²) in [6.07, 6.45) is -3.56. The summed E-state index contributed by atoms with van der Waals surface area (Å²) in [6.45, 7) is 1.58. The van der Waals surface area contributed by atoms with E-state index in [0.29, 0.717) is 0 Å². The lowest BCUT2D eigenvalue weighted by Crippen LogP contribution is -2.37. The number of carbonyl (C=O) groups is 1. The smallest absolute Gasteiger partial charge is 0.481 e. The number of alkyl halides is 3. The van der Waals surface area contributed by atoms with Crippen molar-refractivity contribution in [1.29, 1.82) is 0 Å². The minimum absolute atomic E-state index is 0.0899. The van der Waals surface area contributed by atoms with E-state index in [4.69, 9.17) is 4.74 Å². The van der Waals surface area contributed by atoms with Gasteiger partial charge in [-0.25, -0.2) is 0 Å². The number of amides is 1. The van der Waals surface area contributed by atoms with Gasteiger partial charge in [-0.05, 0) is 53.9 Å². The molecule has 1 aliphatic carbocycles. The van der Waals surface area contributed by atoms with Crippen LogP contribution in [0.2, 0.25) is 0 Å². The molecule has 116 valence electrons. The molecule has 1 aliphatic rings. The second-order valence-electron chi connectivity index (χ2n) is 4.68. The summed E-state index contributed by atoms with van der Waals surface area (Å²) >= 11 is 2.97. The van der Waals surface area contributed by atoms with Crippen LogP contribution in [0.4, 0.5) is 13.2 Å². The Balaban J connectivity index is 1.97. The zero-order chi connectivity index (χ0) is 15.6. The molecule has 1 aromatic carbocycles. The first-order chi connectivity index (χ1) is 9.74. The molecule has 0 heterocycles. The maximum absolute atomic E-state index is 12.1. The lowest BCUT2D eigenvalue weighted by Gasteiger charge is -2.16. The largest absolute Gasteiger partial charge is 0.573 e. The third-order valence-corrected chi connectivity index (χ3v) is 3.35. The van der Waals surface area contributed by atoms with Crippen LogP contribution in [0.5, 0.6) is 11.5 Å². The molecule has 2 rings (SSSR count). The molecule has 1 amide bonds. The highest BCUT2D eigenvalue weighted by molar-refractivity contribution is 9.10. The van der Waals surface area contributed by atoms with Gasteiger partial charge in [-0.1, -0.05) is 0 Å². The Kier molecular flexibility index (Phi) is 4.65. The predicted molar refractivity (Wildman–Crippen MR) is 72.1 cm³/mol. The van der Waals surface area contributed by atoms with Gasteiger partial charge in [0.05, 0.1) is 4.47 Å². The molecule has 0 spiro atoms. The fourth-order valence-corrected chi connectivity index (χ4v) is 2.00. The van der Waals surface area contributed by atoms with E-state index in [-0.39, 0.29) is 27.9 Å². The summed E-state index contributed by atoms with van der Waals surface area (Å²) in [6, 6.07) is 3.98. The zero-order valence-electron chi connectivity index (χ0n) is 11.0. The fraction of sp³-hybridized carbons (Fsp3) is 0.462. The zero-order valence-corrected chi connectivity index (χ0v) is 12.6. The summed E-state index contributed by atoms with van der Waals surface area (Å²) in [7, 11) is 0. The topological polar surface area (TPSA) is 47.6 Å². The number of rotatable bonds is 5. The van der Waals surface area contributed by atoms with Crippen LogP contribution in [0.1, 0.15) is 19.8 Å². The lowest BCUT2D eigenvalue weighted by molar-refractivity contribution is -0.274. The second-order valence-corrected chi connectivity index (χ2v) is 5.54. The van der Waals surface area contributed by atoms with Crippen molar-refractivity contribution in [2.24, 2.45) is 0 Å². The van der Waals surface area contributed by atoms with Crippen molar-refractivity contribution in [1.82, 2.24) is 5.32 Å². The lowest BCUT2D eigenvalue weighted by atomic mass is 10.3. The highest BCUT2D eigenvalue weighted by Gasteiger charge is 2.32. The first kappa shape index (κ1) is 15.9. The summed E-state index contributed by atoms with van der Waals surface area (Å²) in [5, 5.41) is 2.78. The van der Waals surface area contributed by atoms with Crippen molar-refractivity contribution in [3.63, 3.8) is 0 Å². The van der Waals surface area contributed by atoms with E-state index < -0.39 is 12.5 Å². The second kappa shape index (κ2) is 6.13. The van der Waals surface area contributed by atoms with Gasteiger partial charge in [0.25, 0.3) is 5.91 Å². The number of hydrogen-bond donors (Lipinski definition) is 1. The van der Waals surface area contributed by atoms with E-state index in [1.165, 1.54) is 12.1 Å². The highest BCUT2D eigenvalue weighted by Crippen LogP contribution is 2.33. The molecule has 1 aromatic rings. The molecule has 1 atom stereocenters. The fourth-order valence-electron chi connectivity index (χ4n) is 1.57. The Labute approximate surface area is 127 Å². The molecule has 0 radical (unpaired) electrons. The maximum Gasteiger partial charge on any atom is 0.573 e. The van der Waals surface area contributed by atoms with Crippen molar-refractivity contribution in [3.8, 4) is 11.5 Å². The number of halogens is 4. The Morgan fingerprint density at radius 3 is 2.62 bits per heavy atom. The molecule has 0 aromatic heterocycles. The van der Waals surface area contributed by atoms with Crippen molar-refractivity contribution >= 4 is 21.8 Å². The molecule has 1 fully saturated rings. The van der Waals surface area contributed by atoms with E-state index in [9.17, 15) is 18.0 Å². The molecule has 0 bridgehead atoms. The minimum atomic E-state index is -4.76. The van der Waals surface area contributed by atoms with E-state index in [1.807, 2.05) is 0 Å².